The van der Waals surface area contributed by atoms with Crippen molar-refractivity contribution in [3.63, 3.8) is 0 Å². The number of halogens is 3. The van der Waals surface area contributed by atoms with Crippen LogP contribution in [-0.4, -0.2) is 0 Å². The minimum atomic E-state index is -1.43. The maximum atomic E-state index is 13.0. The predicted octanol–water partition coefficient (Wildman–Crippen LogP) is 3.98. The standard InChI is InChI=1S/C13H9F3S/c14-11-6-9(7-12(15)13(11)16)5-8-1-3-10(17)4-2-8/h1-4,6-7,17H,5H2. The molecule has 0 nitrogen and oxygen atoms in total. The summed E-state index contributed by atoms with van der Waals surface area (Å²) in [5.74, 6) is -3.75. The first kappa shape index (κ1) is 12.0. The summed E-state index contributed by atoms with van der Waals surface area (Å²) in [5.41, 5.74) is 1.28. The number of benzene rings is 2. The Morgan fingerprint density at radius 3 is 1.88 bits per heavy atom. The van der Waals surface area contributed by atoms with Gasteiger partial charge in [-0.05, 0) is 41.8 Å². The first-order valence-corrected chi connectivity index (χ1v) is 5.42. The highest BCUT2D eigenvalue weighted by Crippen LogP contribution is 2.17. The van der Waals surface area contributed by atoms with Crippen molar-refractivity contribution in [3.8, 4) is 0 Å². The van der Waals surface area contributed by atoms with Gasteiger partial charge in [0, 0.05) is 4.90 Å². The molecule has 17 heavy (non-hydrogen) atoms. The van der Waals surface area contributed by atoms with Crippen LogP contribution in [0.2, 0.25) is 0 Å². The molecule has 4 heteroatoms. The third-order valence-corrected chi connectivity index (χ3v) is 2.69. The third-order valence-electron chi connectivity index (χ3n) is 2.39. The lowest BCUT2D eigenvalue weighted by atomic mass is 10.0. The summed E-state index contributed by atoms with van der Waals surface area (Å²) in [6, 6.07) is 9.20. The van der Waals surface area contributed by atoms with Gasteiger partial charge in [-0.2, -0.15) is 0 Å². The number of hydrogen-bond acceptors (Lipinski definition) is 1. The molecule has 0 saturated heterocycles. The van der Waals surface area contributed by atoms with E-state index < -0.39 is 17.5 Å². The molecule has 2 aromatic rings. The van der Waals surface area contributed by atoms with E-state index in [9.17, 15) is 13.2 Å². The zero-order valence-electron chi connectivity index (χ0n) is 8.75. The second-order valence-electron chi connectivity index (χ2n) is 3.72. The lowest BCUT2D eigenvalue weighted by Gasteiger charge is -2.04. The van der Waals surface area contributed by atoms with Gasteiger partial charge in [0.05, 0.1) is 0 Å². The van der Waals surface area contributed by atoms with Crippen LogP contribution in [0.4, 0.5) is 13.2 Å². The summed E-state index contributed by atoms with van der Waals surface area (Å²) < 4.78 is 38.7. The number of hydrogen-bond donors (Lipinski definition) is 1. The topological polar surface area (TPSA) is 0 Å². The maximum Gasteiger partial charge on any atom is 0.194 e. The normalized spacial score (nSPS) is 10.6. The summed E-state index contributed by atoms with van der Waals surface area (Å²) in [5, 5.41) is 0. The fourth-order valence-corrected chi connectivity index (χ4v) is 1.71. The Hall–Kier alpha value is -1.42. The van der Waals surface area contributed by atoms with Gasteiger partial charge in [0.25, 0.3) is 0 Å². The molecule has 0 N–H and O–H groups in total. The highest BCUT2D eigenvalue weighted by atomic mass is 32.1. The van der Waals surface area contributed by atoms with E-state index in [4.69, 9.17) is 0 Å². The van der Waals surface area contributed by atoms with Crippen molar-refractivity contribution in [1.29, 1.82) is 0 Å². The van der Waals surface area contributed by atoms with E-state index in [1.54, 1.807) is 12.1 Å². The molecular weight excluding hydrogens is 245 g/mol. The van der Waals surface area contributed by atoms with Crippen molar-refractivity contribution in [2.24, 2.45) is 0 Å². The molecule has 0 aliphatic rings. The minimum Gasteiger partial charge on any atom is -0.204 e. The molecule has 0 aromatic heterocycles. The van der Waals surface area contributed by atoms with Gasteiger partial charge in [-0.15, -0.1) is 12.6 Å². The SMILES string of the molecule is Fc1cc(Cc2ccc(S)cc2)cc(F)c1F. The van der Waals surface area contributed by atoms with Crippen molar-refractivity contribution in [2.45, 2.75) is 11.3 Å². The van der Waals surface area contributed by atoms with Gasteiger partial charge in [-0.1, -0.05) is 12.1 Å². The fraction of sp³-hybridized carbons (Fsp3) is 0.0769. The van der Waals surface area contributed by atoms with Gasteiger partial charge >= 0.3 is 0 Å². The average Bonchev–Trinajstić information content (AvgIpc) is 2.29. The Kier molecular flexibility index (Phi) is 3.43. The average molecular weight is 254 g/mol. The minimum absolute atomic E-state index is 0.349. The molecule has 2 rings (SSSR count). The zero-order valence-corrected chi connectivity index (χ0v) is 9.65. The quantitative estimate of drug-likeness (QED) is 0.608. The van der Waals surface area contributed by atoms with E-state index in [0.717, 1.165) is 22.6 Å². The van der Waals surface area contributed by atoms with Crippen LogP contribution in [0.1, 0.15) is 11.1 Å². The monoisotopic (exact) mass is 254 g/mol. The van der Waals surface area contributed by atoms with Gasteiger partial charge in [-0.3, -0.25) is 0 Å². The summed E-state index contributed by atoms with van der Waals surface area (Å²) >= 11 is 4.13. The molecule has 0 saturated carbocycles. The van der Waals surface area contributed by atoms with Crippen LogP contribution in [0.25, 0.3) is 0 Å². The highest BCUT2D eigenvalue weighted by molar-refractivity contribution is 7.80. The van der Waals surface area contributed by atoms with Crippen molar-refractivity contribution < 1.29 is 13.2 Å². The fourth-order valence-electron chi connectivity index (χ4n) is 1.56. The predicted molar refractivity (Wildman–Crippen MR) is 62.8 cm³/mol. The van der Waals surface area contributed by atoms with E-state index in [-0.39, 0.29) is 0 Å². The lowest BCUT2D eigenvalue weighted by molar-refractivity contribution is 0.445. The second kappa shape index (κ2) is 4.84. The molecular formula is C13H9F3S. The summed E-state index contributed by atoms with van der Waals surface area (Å²) in [4.78, 5) is 0.810. The van der Waals surface area contributed by atoms with Crippen molar-refractivity contribution in [2.75, 3.05) is 0 Å². The van der Waals surface area contributed by atoms with E-state index in [0.29, 0.717) is 12.0 Å². The Balaban J connectivity index is 2.27. The highest BCUT2D eigenvalue weighted by Gasteiger charge is 2.10. The second-order valence-corrected chi connectivity index (χ2v) is 4.23. The van der Waals surface area contributed by atoms with Crippen molar-refractivity contribution in [3.05, 3.63) is 65.0 Å². The molecule has 0 bridgehead atoms. The van der Waals surface area contributed by atoms with Gasteiger partial charge in [0.2, 0.25) is 0 Å². The van der Waals surface area contributed by atoms with Crippen molar-refractivity contribution in [1.82, 2.24) is 0 Å². The molecule has 0 atom stereocenters. The molecule has 0 heterocycles. The Bertz CT molecular complexity index is 512. The van der Waals surface area contributed by atoms with Crippen LogP contribution in [0.15, 0.2) is 41.3 Å². The Morgan fingerprint density at radius 2 is 1.35 bits per heavy atom. The molecule has 0 spiro atoms. The largest absolute Gasteiger partial charge is 0.204 e. The van der Waals surface area contributed by atoms with Crippen LogP contribution in [-0.2, 0) is 6.42 Å². The Morgan fingerprint density at radius 1 is 0.824 bits per heavy atom. The molecule has 0 aliphatic heterocycles. The molecule has 2 aromatic carbocycles. The van der Waals surface area contributed by atoms with Crippen LogP contribution in [0.3, 0.4) is 0 Å². The number of rotatable bonds is 2. The van der Waals surface area contributed by atoms with Crippen LogP contribution >= 0.6 is 12.6 Å². The summed E-state index contributed by atoms with van der Waals surface area (Å²) in [6.45, 7) is 0. The van der Waals surface area contributed by atoms with Crippen molar-refractivity contribution >= 4 is 12.6 Å². The van der Waals surface area contributed by atoms with Crippen LogP contribution in [0, 0.1) is 17.5 Å². The van der Waals surface area contributed by atoms with E-state index in [1.165, 1.54) is 0 Å². The first-order chi connectivity index (χ1) is 8.06. The van der Waals surface area contributed by atoms with E-state index in [2.05, 4.69) is 12.6 Å². The third kappa shape index (κ3) is 2.82. The molecule has 88 valence electrons. The molecule has 0 unspecified atom stereocenters. The van der Waals surface area contributed by atoms with Gasteiger partial charge < -0.3 is 0 Å². The summed E-state index contributed by atoms with van der Waals surface area (Å²) in [6.07, 6.45) is 0.349. The van der Waals surface area contributed by atoms with E-state index in [1.807, 2.05) is 12.1 Å². The van der Waals surface area contributed by atoms with Gasteiger partial charge in [0.1, 0.15) is 0 Å². The molecule has 0 radical (unpaired) electrons. The van der Waals surface area contributed by atoms with Gasteiger partial charge in [0.15, 0.2) is 17.5 Å². The molecule has 0 aliphatic carbocycles. The van der Waals surface area contributed by atoms with E-state index >= 15 is 0 Å². The smallest absolute Gasteiger partial charge is 0.194 e. The lowest BCUT2D eigenvalue weighted by Crippen LogP contribution is -1.95. The first-order valence-electron chi connectivity index (χ1n) is 4.97. The molecule has 0 amide bonds. The van der Waals surface area contributed by atoms with Crippen LogP contribution in [0.5, 0.6) is 0 Å². The number of thiol groups is 1. The summed E-state index contributed by atoms with van der Waals surface area (Å²) in [7, 11) is 0. The van der Waals surface area contributed by atoms with Crippen LogP contribution < -0.4 is 0 Å². The molecule has 0 fully saturated rings. The maximum absolute atomic E-state index is 13.0. The zero-order chi connectivity index (χ0) is 12.4. The Labute approximate surface area is 103 Å². The van der Waals surface area contributed by atoms with Gasteiger partial charge in [-0.25, -0.2) is 13.2 Å².